The Morgan fingerprint density at radius 2 is 1.77 bits per heavy atom. The molecule has 1 unspecified atom stereocenters. The molecule has 22 heavy (non-hydrogen) atoms. The first-order chi connectivity index (χ1) is 10.5. The molecule has 1 aromatic carbocycles. The molecular formula is C18H21F2NO. The number of ether oxygens (including phenoxy) is 1. The quantitative estimate of drug-likeness (QED) is 0.694. The summed E-state index contributed by atoms with van der Waals surface area (Å²) in [4.78, 5) is 3.49. The van der Waals surface area contributed by atoms with Gasteiger partial charge < -0.3 is 4.74 Å². The van der Waals surface area contributed by atoms with Gasteiger partial charge in [-0.3, -0.25) is 0 Å². The van der Waals surface area contributed by atoms with Crippen molar-refractivity contribution in [1.29, 1.82) is 0 Å². The highest BCUT2D eigenvalue weighted by molar-refractivity contribution is 5.63. The van der Waals surface area contributed by atoms with E-state index in [2.05, 4.69) is 25.8 Å². The van der Waals surface area contributed by atoms with Gasteiger partial charge in [-0.25, -0.2) is 9.37 Å². The van der Waals surface area contributed by atoms with Gasteiger partial charge in [-0.2, -0.15) is 4.39 Å². The summed E-state index contributed by atoms with van der Waals surface area (Å²) < 4.78 is 32.8. The van der Waals surface area contributed by atoms with Crippen LogP contribution in [0.15, 0.2) is 36.5 Å². The smallest absolute Gasteiger partial charge is 0.213 e. The van der Waals surface area contributed by atoms with E-state index in [0.29, 0.717) is 29.6 Å². The molecule has 0 saturated carbocycles. The number of benzene rings is 1. The van der Waals surface area contributed by atoms with Crippen LogP contribution in [0, 0.1) is 23.6 Å². The Morgan fingerprint density at radius 3 is 2.41 bits per heavy atom. The second-order valence-corrected chi connectivity index (χ2v) is 6.06. The van der Waals surface area contributed by atoms with Crippen LogP contribution in [0.1, 0.15) is 27.2 Å². The topological polar surface area (TPSA) is 22.1 Å². The summed E-state index contributed by atoms with van der Waals surface area (Å²) in [6, 6.07) is 7.59. The average Bonchev–Trinajstić information content (AvgIpc) is 2.45. The molecule has 0 aliphatic heterocycles. The van der Waals surface area contributed by atoms with Crippen molar-refractivity contribution in [2.24, 2.45) is 11.8 Å². The summed E-state index contributed by atoms with van der Waals surface area (Å²) in [5.74, 6) is 0.168. The Labute approximate surface area is 130 Å². The maximum absolute atomic E-state index is 14.1. The van der Waals surface area contributed by atoms with E-state index in [1.165, 1.54) is 18.3 Å². The molecule has 0 amide bonds. The highest BCUT2D eigenvalue weighted by atomic mass is 19.1. The third kappa shape index (κ3) is 4.52. The van der Waals surface area contributed by atoms with Crippen molar-refractivity contribution >= 4 is 0 Å². The molecule has 0 aliphatic rings. The molecule has 118 valence electrons. The predicted molar refractivity (Wildman–Crippen MR) is 83.7 cm³/mol. The van der Waals surface area contributed by atoms with Gasteiger partial charge in [-0.15, -0.1) is 0 Å². The highest BCUT2D eigenvalue weighted by Crippen LogP contribution is 2.26. The van der Waals surface area contributed by atoms with E-state index in [9.17, 15) is 8.78 Å². The van der Waals surface area contributed by atoms with Gasteiger partial charge in [0.1, 0.15) is 0 Å². The Balaban J connectivity index is 2.07. The van der Waals surface area contributed by atoms with Crippen LogP contribution in [0.3, 0.4) is 0 Å². The number of halogens is 2. The molecule has 1 aromatic heterocycles. The summed E-state index contributed by atoms with van der Waals surface area (Å²) in [6.07, 6.45) is 2.40. The summed E-state index contributed by atoms with van der Waals surface area (Å²) >= 11 is 0. The van der Waals surface area contributed by atoms with Gasteiger partial charge in [0, 0.05) is 12.3 Å². The van der Waals surface area contributed by atoms with E-state index >= 15 is 0 Å². The van der Waals surface area contributed by atoms with Gasteiger partial charge in [-0.1, -0.05) is 26.8 Å². The molecule has 2 rings (SSSR count). The maximum atomic E-state index is 14.1. The number of rotatable bonds is 6. The van der Waals surface area contributed by atoms with Crippen molar-refractivity contribution in [3.05, 3.63) is 48.3 Å². The van der Waals surface area contributed by atoms with Crippen LogP contribution in [-0.2, 0) is 0 Å². The van der Waals surface area contributed by atoms with Crippen molar-refractivity contribution in [2.45, 2.75) is 27.2 Å². The first kappa shape index (κ1) is 16.4. The molecule has 0 bridgehead atoms. The van der Waals surface area contributed by atoms with Gasteiger partial charge in [0.25, 0.3) is 0 Å². The lowest BCUT2D eigenvalue weighted by Gasteiger charge is -2.15. The van der Waals surface area contributed by atoms with Crippen molar-refractivity contribution in [3.8, 4) is 16.9 Å². The Hall–Kier alpha value is -1.97. The molecule has 2 aromatic rings. The van der Waals surface area contributed by atoms with Crippen LogP contribution in [0.25, 0.3) is 11.1 Å². The van der Waals surface area contributed by atoms with Gasteiger partial charge in [0.05, 0.1) is 6.61 Å². The first-order valence-electron chi connectivity index (χ1n) is 7.50. The number of aromatic nitrogens is 1. The molecule has 1 heterocycles. The molecule has 0 N–H and O–H groups in total. The molecule has 0 saturated heterocycles. The number of pyridine rings is 1. The molecule has 2 nitrogen and oxygen atoms in total. The second kappa shape index (κ2) is 7.34. The van der Waals surface area contributed by atoms with E-state index in [1.807, 2.05) is 0 Å². The maximum Gasteiger partial charge on any atom is 0.213 e. The van der Waals surface area contributed by atoms with Gasteiger partial charge >= 0.3 is 0 Å². The van der Waals surface area contributed by atoms with Gasteiger partial charge in [0.2, 0.25) is 5.95 Å². The summed E-state index contributed by atoms with van der Waals surface area (Å²) in [5.41, 5.74) is 1.19. The van der Waals surface area contributed by atoms with Crippen LogP contribution in [-0.4, -0.2) is 11.6 Å². The van der Waals surface area contributed by atoms with E-state index in [1.54, 1.807) is 18.2 Å². The molecule has 0 aliphatic carbocycles. The standard InChI is InChI=1S/C18H21F2NO/c1-12(2)8-13(3)11-22-17-5-4-14(9-16(17)19)15-6-7-21-18(20)10-15/h4-7,9-10,12-13H,8,11H2,1-3H3. The molecule has 4 heteroatoms. The van der Waals surface area contributed by atoms with E-state index in [4.69, 9.17) is 4.74 Å². The average molecular weight is 305 g/mol. The lowest BCUT2D eigenvalue weighted by atomic mass is 10.00. The zero-order chi connectivity index (χ0) is 16.1. The minimum atomic E-state index is -0.583. The third-order valence-electron chi connectivity index (χ3n) is 3.39. The van der Waals surface area contributed by atoms with Crippen LogP contribution in [0.2, 0.25) is 0 Å². The summed E-state index contributed by atoms with van der Waals surface area (Å²) in [7, 11) is 0. The van der Waals surface area contributed by atoms with Crippen LogP contribution in [0.4, 0.5) is 8.78 Å². The number of hydrogen-bond acceptors (Lipinski definition) is 2. The zero-order valence-corrected chi connectivity index (χ0v) is 13.1. The molecule has 0 fully saturated rings. The molecular weight excluding hydrogens is 284 g/mol. The van der Waals surface area contributed by atoms with Gasteiger partial charge in [0.15, 0.2) is 11.6 Å². The van der Waals surface area contributed by atoms with E-state index < -0.39 is 11.8 Å². The third-order valence-corrected chi connectivity index (χ3v) is 3.39. The lowest BCUT2D eigenvalue weighted by molar-refractivity contribution is 0.230. The monoisotopic (exact) mass is 305 g/mol. The van der Waals surface area contributed by atoms with Crippen LogP contribution < -0.4 is 4.74 Å². The molecule has 0 spiro atoms. The largest absolute Gasteiger partial charge is 0.490 e. The molecule has 0 radical (unpaired) electrons. The van der Waals surface area contributed by atoms with Crippen molar-refractivity contribution in [2.75, 3.05) is 6.61 Å². The Morgan fingerprint density at radius 1 is 1.05 bits per heavy atom. The van der Waals surface area contributed by atoms with E-state index in [-0.39, 0.29) is 5.75 Å². The van der Waals surface area contributed by atoms with Gasteiger partial charge in [-0.05, 0) is 47.6 Å². The molecule has 1 atom stereocenters. The SMILES string of the molecule is CC(C)CC(C)COc1ccc(-c2ccnc(F)c2)cc1F. The summed E-state index contributed by atoms with van der Waals surface area (Å²) in [6.45, 7) is 6.88. The van der Waals surface area contributed by atoms with Crippen molar-refractivity contribution in [3.63, 3.8) is 0 Å². The lowest BCUT2D eigenvalue weighted by Crippen LogP contribution is -2.11. The van der Waals surface area contributed by atoms with E-state index in [0.717, 1.165) is 6.42 Å². The number of nitrogens with zero attached hydrogens (tertiary/aromatic N) is 1. The van der Waals surface area contributed by atoms with Crippen molar-refractivity contribution < 1.29 is 13.5 Å². The van der Waals surface area contributed by atoms with Crippen LogP contribution >= 0.6 is 0 Å². The fraction of sp³-hybridized carbons (Fsp3) is 0.389. The normalized spacial score (nSPS) is 12.5. The van der Waals surface area contributed by atoms with Crippen LogP contribution in [0.5, 0.6) is 5.75 Å². The number of hydrogen-bond donors (Lipinski definition) is 0. The highest BCUT2D eigenvalue weighted by Gasteiger charge is 2.10. The summed E-state index contributed by atoms with van der Waals surface area (Å²) in [5, 5.41) is 0. The Bertz CT molecular complexity index is 628. The fourth-order valence-corrected chi connectivity index (χ4v) is 2.48. The predicted octanol–water partition coefficient (Wildman–Crippen LogP) is 5.09. The van der Waals surface area contributed by atoms with Crippen molar-refractivity contribution in [1.82, 2.24) is 4.98 Å². The Kier molecular flexibility index (Phi) is 5.47. The first-order valence-corrected chi connectivity index (χ1v) is 7.50. The zero-order valence-electron chi connectivity index (χ0n) is 13.1. The second-order valence-electron chi connectivity index (χ2n) is 6.06. The fourth-order valence-electron chi connectivity index (χ4n) is 2.48. The minimum Gasteiger partial charge on any atom is -0.490 e. The minimum absolute atomic E-state index is 0.230.